The van der Waals surface area contributed by atoms with Gasteiger partial charge in [0.2, 0.25) is 0 Å². The molecule has 0 aliphatic carbocycles. The normalized spacial score (nSPS) is 11.1. The lowest BCUT2D eigenvalue weighted by Gasteiger charge is -2.07. The van der Waals surface area contributed by atoms with Crippen molar-refractivity contribution in [3.63, 3.8) is 0 Å². The highest BCUT2D eigenvalue weighted by Crippen LogP contribution is 2.21. The van der Waals surface area contributed by atoms with E-state index in [0.29, 0.717) is 5.82 Å². The molecule has 0 spiro atoms. The molecule has 3 nitrogen and oxygen atoms in total. The quantitative estimate of drug-likeness (QED) is 0.669. The van der Waals surface area contributed by atoms with Gasteiger partial charge >= 0.3 is 0 Å². The Morgan fingerprint density at radius 2 is 1.84 bits per heavy atom. The molecule has 3 aromatic rings. The largest absolute Gasteiger partial charge is 0.280 e. The Kier molecular flexibility index (Phi) is 2.95. The first kappa shape index (κ1) is 12.1. The number of nitrogens with zero attached hydrogens (tertiary/aromatic N) is 3. The van der Waals surface area contributed by atoms with Crippen LogP contribution in [0.1, 0.15) is 11.5 Å². The number of pyridine rings is 1. The van der Waals surface area contributed by atoms with Gasteiger partial charge in [0.05, 0.1) is 5.88 Å². The van der Waals surface area contributed by atoms with Crippen LogP contribution in [0.4, 0.5) is 4.39 Å². The Balaban J connectivity index is 2.31. The first-order chi connectivity index (χ1) is 9.19. The number of aryl methyl sites for hydroxylation is 1. The first-order valence-corrected chi connectivity index (χ1v) is 6.39. The molecule has 2 heterocycles. The number of hydrogen-bond acceptors (Lipinski definition) is 2. The van der Waals surface area contributed by atoms with Crippen LogP contribution >= 0.6 is 11.6 Å². The van der Waals surface area contributed by atoms with Crippen LogP contribution < -0.4 is 0 Å². The molecule has 0 radical (unpaired) electrons. The van der Waals surface area contributed by atoms with E-state index in [4.69, 9.17) is 11.6 Å². The molecule has 1 aromatic carbocycles. The van der Waals surface area contributed by atoms with E-state index in [2.05, 4.69) is 9.97 Å². The summed E-state index contributed by atoms with van der Waals surface area (Å²) in [6.07, 6.45) is 0. The lowest BCUT2D eigenvalue weighted by Crippen LogP contribution is -2.00. The van der Waals surface area contributed by atoms with Crippen molar-refractivity contribution in [1.29, 1.82) is 0 Å². The van der Waals surface area contributed by atoms with E-state index < -0.39 is 0 Å². The lowest BCUT2D eigenvalue weighted by atomic mass is 10.3. The fraction of sp³-hybridized carbons (Fsp3) is 0.143. The molecule has 0 aliphatic rings. The summed E-state index contributed by atoms with van der Waals surface area (Å²) < 4.78 is 14.9. The number of halogens is 2. The van der Waals surface area contributed by atoms with E-state index in [-0.39, 0.29) is 11.7 Å². The van der Waals surface area contributed by atoms with Crippen molar-refractivity contribution in [2.75, 3.05) is 0 Å². The molecule has 0 bridgehead atoms. The molecule has 0 unspecified atom stereocenters. The Morgan fingerprint density at radius 1 is 1.11 bits per heavy atom. The second-order valence-electron chi connectivity index (χ2n) is 4.27. The Bertz CT molecular complexity index is 734. The zero-order valence-electron chi connectivity index (χ0n) is 10.3. The van der Waals surface area contributed by atoms with E-state index in [9.17, 15) is 4.39 Å². The van der Waals surface area contributed by atoms with E-state index in [1.807, 2.05) is 23.6 Å². The molecule has 19 heavy (non-hydrogen) atoms. The van der Waals surface area contributed by atoms with Crippen molar-refractivity contribution >= 4 is 22.8 Å². The predicted octanol–water partition coefficient (Wildman–Crippen LogP) is 3.61. The third-order valence-corrected chi connectivity index (χ3v) is 3.16. The summed E-state index contributed by atoms with van der Waals surface area (Å²) in [4.78, 5) is 8.94. The topological polar surface area (TPSA) is 30.7 Å². The van der Waals surface area contributed by atoms with Crippen molar-refractivity contribution in [1.82, 2.24) is 14.5 Å². The molecule has 5 heteroatoms. The molecule has 0 saturated heterocycles. The van der Waals surface area contributed by atoms with Gasteiger partial charge in [-0.25, -0.2) is 14.4 Å². The average molecular weight is 276 g/mol. The third kappa shape index (κ3) is 2.08. The molecule has 0 aliphatic heterocycles. The highest BCUT2D eigenvalue weighted by molar-refractivity contribution is 6.16. The van der Waals surface area contributed by atoms with E-state index in [0.717, 1.165) is 22.5 Å². The molecule has 96 valence electrons. The van der Waals surface area contributed by atoms with Crippen LogP contribution in [0.25, 0.3) is 16.9 Å². The second-order valence-corrected chi connectivity index (χ2v) is 4.54. The van der Waals surface area contributed by atoms with Gasteiger partial charge in [0.1, 0.15) is 17.2 Å². The molecule has 2 aromatic heterocycles. The van der Waals surface area contributed by atoms with Gasteiger partial charge in [-0.3, -0.25) is 4.57 Å². The summed E-state index contributed by atoms with van der Waals surface area (Å²) in [5.41, 5.74) is 3.22. The number of fused-ring (bicyclic) bond motifs is 1. The van der Waals surface area contributed by atoms with Crippen LogP contribution in [-0.4, -0.2) is 14.5 Å². The number of alkyl halides is 1. The minimum atomic E-state index is -0.273. The molecular formula is C14H11ClFN3. The second kappa shape index (κ2) is 4.63. The van der Waals surface area contributed by atoms with Gasteiger partial charge in [0.15, 0.2) is 5.65 Å². The molecule has 0 saturated carbocycles. The predicted molar refractivity (Wildman–Crippen MR) is 73.1 cm³/mol. The highest BCUT2D eigenvalue weighted by atomic mass is 35.5. The minimum Gasteiger partial charge on any atom is -0.280 e. The fourth-order valence-corrected chi connectivity index (χ4v) is 2.23. The van der Waals surface area contributed by atoms with Crippen molar-refractivity contribution in [2.45, 2.75) is 12.8 Å². The maximum atomic E-state index is 13.0. The van der Waals surface area contributed by atoms with Crippen LogP contribution in [0.15, 0.2) is 36.4 Å². The lowest BCUT2D eigenvalue weighted by molar-refractivity contribution is 0.627. The van der Waals surface area contributed by atoms with Crippen molar-refractivity contribution in [2.24, 2.45) is 0 Å². The zero-order valence-corrected chi connectivity index (χ0v) is 11.0. The summed E-state index contributed by atoms with van der Waals surface area (Å²) in [5, 5.41) is 0. The molecular weight excluding hydrogens is 265 g/mol. The summed E-state index contributed by atoms with van der Waals surface area (Å²) in [6.45, 7) is 1.92. The van der Waals surface area contributed by atoms with Gasteiger partial charge in [-0.05, 0) is 43.3 Å². The van der Waals surface area contributed by atoms with Gasteiger partial charge in [0.25, 0.3) is 0 Å². The van der Waals surface area contributed by atoms with Crippen LogP contribution in [-0.2, 0) is 5.88 Å². The maximum Gasteiger partial charge on any atom is 0.164 e. The summed E-state index contributed by atoms with van der Waals surface area (Å²) >= 11 is 5.94. The SMILES string of the molecule is Cc1ccc2nc(CCl)n(-c3ccc(F)cc3)c2n1. The number of imidazole rings is 1. The molecule has 0 N–H and O–H groups in total. The van der Waals surface area contributed by atoms with E-state index in [1.54, 1.807) is 12.1 Å². The van der Waals surface area contributed by atoms with Crippen molar-refractivity contribution in [3.8, 4) is 5.69 Å². The molecule has 0 amide bonds. The first-order valence-electron chi connectivity index (χ1n) is 5.86. The Labute approximate surface area is 114 Å². The summed E-state index contributed by atoms with van der Waals surface area (Å²) in [7, 11) is 0. The standard InChI is InChI=1S/C14H11ClFN3/c1-9-2-7-12-14(17-9)19(13(8-15)18-12)11-5-3-10(16)4-6-11/h2-7H,8H2,1H3. The number of benzene rings is 1. The van der Waals surface area contributed by atoms with Crippen molar-refractivity contribution in [3.05, 3.63) is 53.7 Å². The maximum absolute atomic E-state index is 13.0. The molecule has 0 atom stereocenters. The minimum absolute atomic E-state index is 0.271. The smallest absolute Gasteiger partial charge is 0.164 e. The van der Waals surface area contributed by atoms with Crippen LogP contribution in [0, 0.1) is 12.7 Å². The van der Waals surface area contributed by atoms with Gasteiger partial charge in [-0.15, -0.1) is 11.6 Å². The highest BCUT2D eigenvalue weighted by Gasteiger charge is 2.13. The third-order valence-electron chi connectivity index (χ3n) is 2.92. The molecule has 0 fully saturated rings. The Morgan fingerprint density at radius 3 is 2.53 bits per heavy atom. The van der Waals surface area contributed by atoms with Gasteiger partial charge in [0, 0.05) is 11.4 Å². The summed E-state index contributed by atoms with van der Waals surface area (Å²) in [5.74, 6) is 0.693. The average Bonchev–Trinajstić information content (AvgIpc) is 2.77. The number of hydrogen-bond donors (Lipinski definition) is 0. The van der Waals surface area contributed by atoms with Gasteiger partial charge in [-0.1, -0.05) is 0 Å². The number of aromatic nitrogens is 3. The van der Waals surface area contributed by atoms with Gasteiger partial charge < -0.3 is 0 Å². The van der Waals surface area contributed by atoms with E-state index >= 15 is 0 Å². The number of rotatable bonds is 2. The van der Waals surface area contributed by atoms with Crippen LogP contribution in [0.3, 0.4) is 0 Å². The summed E-state index contributed by atoms with van der Waals surface area (Å²) in [6, 6.07) is 10.0. The van der Waals surface area contributed by atoms with Crippen LogP contribution in [0.2, 0.25) is 0 Å². The van der Waals surface area contributed by atoms with Crippen molar-refractivity contribution < 1.29 is 4.39 Å². The van der Waals surface area contributed by atoms with Gasteiger partial charge in [-0.2, -0.15) is 0 Å². The van der Waals surface area contributed by atoms with E-state index in [1.165, 1.54) is 12.1 Å². The molecule has 3 rings (SSSR count). The zero-order chi connectivity index (χ0) is 13.4. The fourth-order valence-electron chi connectivity index (χ4n) is 2.05. The Hall–Kier alpha value is -1.94. The monoisotopic (exact) mass is 275 g/mol. The van der Waals surface area contributed by atoms with Crippen LogP contribution in [0.5, 0.6) is 0 Å².